The summed E-state index contributed by atoms with van der Waals surface area (Å²) in [5.41, 5.74) is 16.5. The van der Waals surface area contributed by atoms with Gasteiger partial charge in [-0.3, -0.25) is 0 Å². The molecule has 76 heavy (non-hydrogen) atoms. The zero-order valence-corrected chi connectivity index (χ0v) is 40.7. The number of hydrogen-bond donors (Lipinski definition) is 0. The van der Waals surface area contributed by atoms with Gasteiger partial charge in [-0.15, -0.1) is 0 Å². The molecule has 11 aromatic carbocycles. The topological polar surface area (TPSA) is 74.8 Å². The monoisotopic (exact) mass is 971 g/mol. The van der Waals surface area contributed by atoms with Crippen molar-refractivity contribution in [3.63, 3.8) is 0 Å². The van der Waals surface area contributed by atoms with Crippen LogP contribution < -0.4 is 0 Å². The summed E-state index contributed by atoms with van der Waals surface area (Å²) < 4.78 is 17.8. The van der Waals surface area contributed by atoms with Crippen molar-refractivity contribution >= 4 is 87.5 Å². The van der Waals surface area contributed by atoms with E-state index in [1.54, 1.807) is 0 Å². The highest BCUT2D eigenvalue weighted by molar-refractivity contribution is 6.13. The molecule has 0 fully saturated rings. The highest BCUT2D eigenvalue weighted by Gasteiger charge is 2.25. The summed E-state index contributed by atoms with van der Waals surface area (Å²) >= 11 is 0. The molecular formula is C69H41N5O2. The van der Waals surface area contributed by atoms with Gasteiger partial charge in [0.25, 0.3) is 0 Å². The van der Waals surface area contributed by atoms with Crippen molar-refractivity contribution in [1.29, 1.82) is 0 Å². The Balaban J connectivity index is 0.976. The van der Waals surface area contributed by atoms with E-state index < -0.39 is 0 Å². The molecule has 0 atom stereocenters. The maximum atomic E-state index is 6.44. The van der Waals surface area contributed by atoms with E-state index in [4.69, 9.17) is 23.8 Å². The van der Waals surface area contributed by atoms with E-state index in [1.807, 2.05) is 48.5 Å². The molecule has 0 aliphatic heterocycles. The molecular weight excluding hydrogens is 931 g/mol. The Bertz CT molecular complexity index is 4760. The number of benzene rings is 11. The number of rotatable bonds is 7. The predicted molar refractivity (Wildman–Crippen MR) is 310 cm³/mol. The van der Waals surface area contributed by atoms with Gasteiger partial charge >= 0.3 is 0 Å². The van der Waals surface area contributed by atoms with Crippen molar-refractivity contribution in [1.82, 2.24) is 24.1 Å². The van der Waals surface area contributed by atoms with Crippen LogP contribution in [0.4, 0.5) is 0 Å². The van der Waals surface area contributed by atoms with Gasteiger partial charge in [0.2, 0.25) is 0 Å². The Kier molecular flexibility index (Phi) is 9.20. The van der Waals surface area contributed by atoms with E-state index in [1.165, 1.54) is 16.2 Å². The minimum Gasteiger partial charge on any atom is -0.456 e. The van der Waals surface area contributed by atoms with Crippen LogP contribution in [0.3, 0.4) is 0 Å². The Morgan fingerprint density at radius 1 is 0.250 bits per heavy atom. The summed E-state index contributed by atoms with van der Waals surface area (Å²) in [6.45, 7) is 0. The molecule has 0 saturated heterocycles. The lowest BCUT2D eigenvalue weighted by Crippen LogP contribution is -2.04. The van der Waals surface area contributed by atoms with Gasteiger partial charge in [0.15, 0.2) is 17.5 Å². The lowest BCUT2D eigenvalue weighted by atomic mass is 9.92. The lowest BCUT2D eigenvalue weighted by molar-refractivity contribution is 0.668. The first-order chi connectivity index (χ1) is 37.7. The van der Waals surface area contributed by atoms with E-state index in [0.717, 1.165) is 122 Å². The predicted octanol–water partition coefficient (Wildman–Crippen LogP) is 18.2. The second-order valence-electron chi connectivity index (χ2n) is 19.5. The molecule has 7 nitrogen and oxygen atoms in total. The van der Waals surface area contributed by atoms with Crippen molar-refractivity contribution in [3.8, 4) is 67.8 Å². The zero-order chi connectivity index (χ0) is 49.8. The fourth-order valence-electron chi connectivity index (χ4n) is 11.7. The fourth-order valence-corrected chi connectivity index (χ4v) is 11.7. The molecule has 16 rings (SSSR count). The molecule has 5 aromatic heterocycles. The largest absolute Gasteiger partial charge is 0.456 e. The molecule has 5 heterocycles. The second kappa shape index (κ2) is 16.6. The average molecular weight is 972 g/mol. The third-order valence-electron chi connectivity index (χ3n) is 15.2. The molecule has 0 saturated carbocycles. The van der Waals surface area contributed by atoms with Crippen molar-refractivity contribution in [2.45, 2.75) is 0 Å². The summed E-state index contributed by atoms with van der Waals surface area (Å²) in [5.74, 6) is 1.59. The minimum absolute atomic E-state index is 0.527. The molecule has 16 aromatic rings. The Morgan fingerprint density at radius 3 is 1.13 bits per heavy atom. The lowest BCUT2D eigenvalue weighted by Gasteiger charge is -2.21. The molecule has 354 valence electrons. The van der Waals surface area contributed by atoms with E-state index in [0.29, 0.717) is 17.5 Å². The van der Waals surface area contributed by atoms with Crippen LogP contribution in [0.15, 0.2) is 258 Å². The number of hydrogen-bond acceptors (Lipinski definition) is 5. The van der Waals surface area contributed by atoms with Gasteiger partial charge in [0, 0.05) is 76.6 Å². The molecule has 0 spiro atoms. The van der Waals surface area contributed by atoms with Gasteiger partial charge in [-0.2, -0.15) is 0 Å². The van der Waals surface area contributed by atoms with E-state index in [2.05, 4.69) is 209 Å². The van der Waals surface area contributed by atoms with E-state index in [9.17, 15) is 0 Å². The number of para-hydroxylation sites is 5. The highest BCUT2D eigenvalue weighted by atomic mass is 16.3. The number of nitrogens with zero attached hydrogens (tertiary/aromatic N) is 5. The van der Waals surface area contributed by atoms with Gasteiger partial charge in [-0.1, -0.05) is 170 Å². The zero-order valence-electron chi connectivity index (χ0n) is 40.7. The summed E-state index contributed by atoms with van der Waals surface area (Å²) in [6.07, 6.45) is 0. The highest BCUT2D eigenvalue weighted by Crippen LogP contribution is 2.45. The molecule has 0 radical (unpaired) electrons. The van der Waals surface area contributed by atoms with Crippen LogP contribution in [0.1, 0.15) is 0 Å². The van der Waals surface area contributed by atoms with Crippen LogP contribution in [0.25, 0.3) is 155 Å². The molecule has 0 unspecified atom stereocenters. The van der Waals surface area contributed by atoms with Crippen LogP contribution in [0, 0.1) is 0 Å². The quantitative estimate of drug-likeness (QED) is 0.159. The second-order valence-corrected chi connectivity index (χ2v) is 19.5. The Hall–Kier alpha value is -10.4. The smallest absolute Gasteiger partial charge is 0.164 e. The third kappa shape index (κ3) is 6.52. The normalized spacial score (nSPS) is 11.9. The van der Waals surface area contributed by atoms with Crippen LogP contribution in [0.5, 0.6) is 0 Å². The molecule has 0 N–H and O–H groups in total. The summed E-state index contributed by atoms with van der Waals surface area (Å²) in [5, 5.41) is 8.98. The maximum absolute atomic E-state index is 6.44. The summed E-state index contributed by atoms with van der Waals surface area (Å²) in [4.78, 5) is 16.1. The van der Waals surface area contributed by atoms with Gasteiger partial charge in [-0.05, 0) is 90.0 Å². The van der Waals surface area contributed by atoms with Crippen LogP contribution in [0.2, 0.25) is 0 Å². The third-order valence-corrected chi connectivity index (χ3v) is 15.2. The fraction of sp³-hybridized carbons (Fsp3) is 0. The molecule has 0 amide bonds. The number of furan rings is 2. The van der Waals surface area contributed by atoms with E-state index in [-0.39, 0.29) is 0 Å². The molecule has 7 heteroatoms. The molecule has 0 bridgehead atoms. The number of fused-ring (bicyclic) bond motifs is 12. The standard InChI is InChI=1S/C69H41N5O2/c1-3-17-42(18-4-1)56-37-46(69-71-67(44-31-34-54-52-24-10-15-29-62(52)75-64(54)39-44)70-68(72-69)45-32-35-55-53-25-11-16-30-63(53)76-65(55)40-45)38-57(43-19-5-2-6-20-43)66(56)74-60-28-14-9-23-50(60)51-36-33-47(41-61(51)74)73-58-26-12-7-21-48(58)49-22-8-13-27-59(49)73/h1-41H. The van der Waals surface area contributed by atoms with E-state index >= 15 is 0 Å². The average Bonchev–Trinajstić information content (AvgIpc) is 4.29. The van der Waals surface area contributed by atoms with Crippen molar-refractivity contribution < 1.29 is 8.83 Å². The van der Waals surface area contributed by atoms with Crippen molar-refractivity contribution in [2.24, 2.45) is 0 Å². The van der Waals surface area contributed by atoms with Gasteiger partial charge < -0.3 is 18.0 Å². The van der Waals surface area contributed by atoms with Crippen LogP contribution in [-0.2, 0) is 0 Å². The minimum atomic E-state index is 0.527. The first-order valence-corrected chi connectivity index (χ1v) is 25.6. The Morgan fingerprint density at radius 2 is 0.632 bits per heavy atom. The van der Waals surface area contributed by atoms with Gasteiger partial charge in [0.1, 0.15) is 22.3 Å². The first-order valence-electron chi connectivity index (χ1n) is 25.6. The molecule has 0 aliphatic carbocycles. The maximum Gasteiger partial charge on any atom is 0.164 e. The van der Waals surface area contributed by atoms with Crippen LogP contribution in [-0.4, -0.2) is 24.1 Å². The SMILES string of the molecule is c1ccc(-c2cc(-c3nc(-c4ccc5c(c4)oc4ccccc45)nc(-c4ccc5c(c4)oc4ccccc45)n3)cc(-c3ccccc3)c2-n2c3ccccc3c3ccc(-n4c5ccccc5c5ccccc54)cc32)cc1. The number of aromatic nitrogens is 5. The van der Waals surface area contributed by atoms with Crippen molar-refractivity contribution in [2.75, 3.05) is 0 Å². The van der Waals surface area contributed by atoms with Gasteiger partial charge in [-0.25, -0.2) is 15.0 Å². The van der Waals surface area contributed by atoms with Crippen molar-refractivity contribution in [3.05, 3.63) is 249 Å². The van der Waals surface area contributed by atoms with Crippen LogP contribution >= 0.6 is 0 Å². The summed E-state index contributed by atoms with van der Waals surface area (Å²) in [7, 11) is 0. The summed E-state index contributed by atoms with van der Waals surface area (Å²) in [6, 6.07) is 87.8. The Labute approximate surface area is 434 Å². The first kappa shape index (κ1) is 42.2. The van der Waals surface area contributed by atoms with Gasteiger partial charge in [0.05, 0.1) is 27.8 Å². The molecule has 0 aliphatic rings.